The van der Waals surface area contributed by atoms with Crippen LogP contribution in [0.4, 0.5) is 13.2 Å². The molecular weight excluding hydrogens is 251 g/mol. The Bertz CT molecular complexity index is 279. The first-order valence-electron chi connectivity index (χ1n) is 5.83. The normalized spacial score (nSPS) is 13.1. The van der Waals surface area contributed by atoms with Crippen LogP contribution >= 0.6 is 0 Å². The summed E-state index contributed by atoms with van der Waals surface area (Å²) < 4.78 is 35.7. The van der Waals surface area contributed by atoms with Gasteiger partial charge in [0, 0.05) is 12.5 Å². The molecule has 0 fully saturated rings. The highest BCUT2D eigenvalue weighted by molar-refractivity contribution is 5.81. The number of unbranched alkanes of at least 4 members (excludes halogenated alkanes) is 3. The van der Waals surface area contributed by atoms with E-state index in [9.17, 15) is 22.8 Å². The molecule has 0 heterocycles. The summed E-state index contributed by atoms with van der Waals surface area (Å²) in [6, 6.07) is -0.529. The molecule has 0 aromatic heterocycles. The topological polar surface area (TPSA) is 66.4 Å². The van der Waals surface area contributed by atoms with Crippen LogP contribution in [0.25, 0.3) is 0 Å². The Balaban J connectivity index is 3.57. The SMILES string of the molecule is CC(CCCCCCC(=O)O)NC(=O)C(F)(F)F. The van der Waals surface area contributed by atoms with Crippen LogP contribution in [0.15, 0.2) is 0 Å². The van der Waals surface area contributed by atoms with Crippen molar-refractivity contribution in [1.29, 1.82) is 0 Å². The number of halogens is 3. The Morgan fingerprint density at radius 1 is 1.17 bits per heavy atom. The van der Waals surface area contributed by atoms with E-state index in [0.717, 1.165) is 12.8 Å². The van der Waals surface area contributed by atoms with E-state index in [-0.39, 0.29) is 6.42 Å². The second kappa shape index (κ2) is 7.94. The first-order chi connectivity index (χ1) is 8.23. The van der Waals surface area contributed by atoms with E-state index in [1.54, 1.807) is 0 Å². The van der Waals surface area contributed by atoms with Crippen molar-refractivity contribution in [2.24, 2.45) is 0 Å². The van der Waals surface area contributed by atoms with Crippen molar-refractivity contribution >= 4 is 11.9 Å². The summed E-state index contributed by atoms with van der Waals surface area (Å²) in [7, 11) is 0. The molecule has 1 atom stereocenters. The average molecular weight is 269 g/mol. The Hall–Kier alpha value is -1.27. The predicted octanol–water partition coefficient (Wildman–Crippen LogP) is 2.48. The molecule has 0 saturated carbocycles. The van der Waals surface area contributed by atoms with Crippen molar-refractivity contribution in [3.05, 3.63) is 0 Å². The minimum atomic E-state index is -4.84. The van der Waals surface area contributed by atoms with Crippen LogP contribution in [0, 0.1) is 0 Å². The maximum Gasteiger partial charge on any atom is 0.471 e. The summed E-state index contributed by atoms with van der Waals surface area (Å²) in [6.07, 6.45) is -1.56. The van der Waals surface area contributed by atoms with Gasteiger partial charge in [0.2, 0.25) is 0 Å². The van der Waals surface area contributed by atoms with Gasteiger partial charge >= 0.3 is 18.1 Å². The number of rotatable bonds is 8. The van der Waals surface area contributed by atoms with Gasteiger partial charge in [-0.05, 0) is 19.8 Å². The van der Waals surface area contributed by atoms with Crippen LogP contribution < -0.4 is 5.32 Å². The molecule has 0 aliphatic carbocycles. The number of carbonyl (C=O) groups is 2. The van der Waals surface area contributed by atoms with Crippen LogP contribution in [0.3, 0.4) is 0 Å². The second-order valence-electron chi connectivity index (χ2n) is 4.22. The lowest BCUT2D eigenvalue weighted by atomic mass is 10.1. The molecule has 1 unspecified atom stereocenters. The number of hydrogen-bond acceptors (Lipinski definition) is 2. The van der Waals surface area contributed by atoms with Gasteiger partial charge in [0.1, 0.15) is 0 Å². The Morgan fingerprint density at radius 3 is 2.22 bits per heavy atom. The number of carbonyl (C=O) groups excluding carboxylic acids is 1. The second-order valence-corrected chi connectivity index (χ2v) is 4.22. The van der Waals surface area contributed by atoms with Crippen molar-refractivity contribution in [2.45, 2.75) is 57.7 Å². The molecule has 0 aliphatic heterocycles. The molecule has 0 saturated heterocycles. The van der Waals surface area contributed by atoms with Crippen molar-refractivity contribution < 1.29 is 27.9 Å². The van der Waals surface area contributed by atoms with Crippen LogP contribution in [0.5, 0.6) is 0 Å². The molecule has 0 aromatic rings. The summed E-state index contributed by atoms with van der Waals surface area (Å²) in [5.41, 5.74) is 0. The molecule has 0 rings (SSSR count). The zero-order valence-electron chi connectivity index (χ0n) is 10.2. The molecular formula is C11H18F3NO3. The number of carboxylic acids is 1. The maximum absolute atomic E-state index is 11.9. The molecule has 0 radical (unpaired) electrons. The summed E-state index contributed by atoms with van der Waals surface area (Å²) in [5.74, 6) is -2.76. The summed E-state index contributed by atoms with van der Waals surface area (Å²) >= 11 is 0. The van der Waals surface area contributed by atoms with E-state index in [0.29, 0.717) is 19.3 Å². The fraction of sp³-hybridized carbons (Fsp3) is 0.818. The Labute approximate surface area is 104 Å². The van der Waals surface area contributed by atoms with Crippen LogP contribution in [-0.2, 0) is 9.59 Å². The van der Waals surface area contributed by atoms with Gasteiger partial charge in [-0.3, -0.25) is 9.59 Å². The molecule has 0 aliphatic rings. The minimum Gasteiger partial charge on any atom is -0.481 e. The fourth-order valence-corrected chi connectivity index (χ4v) is 1.46. The van der Waals surface area contributed by atoms with Crippen molar-refractivity contribution in [2.75, 3.05) is 0 Å². The smallest absolute Gasteiger partial charge is 0.471 e. The predicted molar refractivity (Wildman–Crippen MR) is 59.0 cm³/mol. The van der Waals surface area contributed by atoms with Gasteiger partial charge in [0.15, 0.2) is 0 Å². The summed E-state index contributed by atoms with van der Waals surface area (Å²) in [6.45, 7) is 1.51. The van der Waals surface area contributed by atoms with E-state index in [1.807, 2.05) is 5.32 Å². The standard InChI is InChI=1S/C11H18F3NO3/c1-8(15-10(18)11(12,13)14)6-4-2-3-5-7-9(16)17/h8H,2-7H2,1H3,(H,15,18)(H,16,17). The Morgan fingerprint density at radius 2 is 1.72 bits per heavy atom. The first kappa shape index (κ1) is 16.7. The molecule has 4 nitrogen and oxygen atoms in total. The number of amides is 1. The Kier molecular flexibility index (Phi) is 7.38. The third-order valence-electron chi connectivity index (χ3n) is 2.41. The largest absolute Gasteiger partial charge is 0.481 e. The molecule has 18 heavy (non-hydrogen) atoms. The lowest BCUT2D eigenvalue weighted by Gasteiger charge is -2.14. The highest BCUT2D eigenvalue weighted by atomic mass is 19.4. The number of hydrogen-bond donors (Lipinski definition) is 2. The molecule has 106 valence electrons. The zero-order valence-corrected chi connectivity index (χ0v) is 10.2. The number of nitrogens with one attached hydrogen (secondary N) is 1. The molecule has 7 heteroatoms. The zero-order chi connectivity index (χ0) is 14.2. The van der Waals surface area contributed by atoms with Crippen molar-refractivity contribution in [3.8, 4) is 0 Å². The van der Waals surface area contributed by atoms with Gasteiger partial charge in [-0.25, -0.2) is 0 Å². The van der Waals surface area contributed by atoms with Crippen LogP contribution in [0.1, 0.15) is 45.4 Å². The van der Waals surface area contributed by atoms with E-state index >= 15 is 0 Å². The summed E-state index contributed by atoms with van der Waals surface area (Å²) in [4.78, 5) is 20.8. The highest BCUT2D eigenvalue weighted by Gasteiger charge is 2.38. The quantitative estimate of drug-likeness (QED) is 0.665. The lowest BCUT2D eigenvalue weighted by Crippen LogP contribution is -2.41. The monoisotopic (exact) mass is 269 g/mol. The number of carboxylic acid groups (broad SMARTS) is 1. The number of aliphatic carboxylic acids is 1. The third-order valence-corrected chi connectivity index (χ3v) is 2.41. The summed E-state index contributed by atoms with van der Waals surface area (Å²) in [5, 5.41) is 10.3. The maximum atomic E-state index is 11.9. The van der Waals surface area contributed by atoms with Gasteiger partial charge in [0.25, 0.3) is 0 Å². The van der Waals surface area contributed by atoms with E-state index in [2.05, 4.69) is 0 Å². The van der Waals surface area contributed by atoms with Gasteiger partial charge < -0.3 is 10.4 Å². The van der Waals surface area contributed by atoms with Crippen molar-refractivity contribution in [3.63, 3.8) is 0 Å². The van der Waals surface area contributed by atoms with Gasteiger partial charge in [-0.15, -0.1) is 0 Å². The van der Waals surface area contributed by atoms with E-state index in [4.69, 9.17) is 5.11 Å². The van der Waals surface area contributed by atoms with Crippen LogP contribution in [0.2, 0.25) is 0 Å². The molecule has 0 bridgehead atoms. The van der Waals surface area contributed by atoms with Crippen LogP contribution in [-0.4, -0.2) is 29.2 Å². The lowest BCUT2D eigenvalue weighted by molar-refractivity contribution is -0.174. The third kappa shape index (κ3) is 8.83. The van der Waals surface area contributed by atoms with Gasteiger partial charge in [0.05, 0.1) is 0 Å². The molecule has 2 N–H and O–H groups in total. The van der Waals surface area contributed by atoms with Gasteiger partial charge in [-0.2, -0.15) is 13.2 Å². The average Bonchev–Trinajstić information content (AvgIpc) is 2.21. The highest BCUT2D eigenvalue weighted by Crippen LogP contribution is 2.15. The number of alkyl halides is 3. The molecule has 1 amide bonds. The molecule has 0 spiro atoms. The van der Waals surface area contributed by atoms with Gasteiger partial charge in [-0.1, -0.05) is 19.3 Å². The van der Waals surface area contributed by atoms with E-state index < -0.39 is 24.1 Å². The minimum absolute atomic E-state index is 0.111. The first-order valence-corrected chi connectivity index (χ1v) is 5.83. The van der Waals surface area contributed by atoms with Crippen molar-refractivity contribution in [1.82, 2.24) is 5.32 Å². The fourth-order valence-electron chi connectivity index (χ4n) is 1.46. The molecule has 0 aromatic carbocycles. The van der Waals surface area contributed by atoms with E-state index in [1.165, 1.54) is 6.92 Å².